The van der Waals surface area contributed by atoms with E-state index in [0.29, 0.717) is 6.42 Å². The zero-order chi connectivity index (χ0) is 9.42. The summed E-state index contributed by atoms with van der Waals surface area (Å²) in [4.78, 5) is 22.6. The number of hydrogen-bond donors (Lipinski definition) is 0. The summed E-state index contributed by atoms with van der Waals surface area (Å²) in [5, 5.41) is 0. The standard InChI is InChI=1S/C11H10O2/c1-7(12)10-6-11(13)9-5-3-2-4-8(9)10/h2-5,10H,6H2,1H3. The predicted molar refractivity (Wildman–Crippen MR) is 48.8 cm³/mol. The molecule has 1 aliphatic rings. The van der Waals surface area contributed by atoms with Gasteiger partial charge in [-0.25, -0.2) is 0 Å². The van der Waals surface area contributed by atoms with Crippen molar-refractivity contribution in [3.63, 3.8) is 0 Å². The average molecular weight is 174 g/mol. The van der Waals surface area contributed by atoms with E-state index in [4.69, 9.17) is 0 Å². The molecule has 0 spiro atoms. The van der Waals surface area contributed by atoms with E-state index in [1.165, 1.54) is 0 Å². The van der Waals surface area contributed by atoms with Gasteiger partial charge in [0.2, 0.25) is 0 Å². The molecule has 1 aliphatic carbocycles. The summed E-state index contributed by atoms with van der Waals surface area (Å²) in [5.74, 6) is -0.0159. The minimum atomic E-state index is -0.191. The van der Waals surface area contributed by atoms with Gasteiger partial charge in [-0.1, -0.05) is 24.3 Å². The fraction of sp³-hybridized carbons (Fsp3) is 0.273. The number of carbonyl (C=O) groups is 2. The second kappa shape index (κ2) is 2.80. The Hall–Kier alpha value is -1.44. The van der Waals surface area contributed by atoms with Crippen LogP contribution in [0.2, 0.25) is 0 Å². The second-order valence-corrected chi connectivity index (χ2v) is 3.38. The molecule has 1 atom stereocenters. The van der Waals surface area contributed by atoms with E-state index in [2.05, 4.69) is 0 Å². The number of benzene rings is 1. The molecule has 1 aromatic rings. The van der Waals surface area contributed by atoms with E-state index in [0.717, 1.165) is 11.1 Å². The van der Waals surface area contributed by atoms with Crippen molar-refractivity contribution in [1.29, 1.82) is 0 Å². The Labute approximate surface area is 76.6 Å². The largest absolute Gasteiger partial charge is 0.299 e. The van der Waals surface area contributed by atoms with Gasteiger partial charge in [-0.3, -0.25) is 9.59 Å². The van der Waals surface area contributed by atoms with Gasteiger partial charge in [-0.05, 0) is 12.5 Å². The highest BCUT2D eigenvalue weighted by Gasteiger charge is 2.31. The highest BCUT2D eigenvalue weighted by molar-refractivity contribution is 6.06. The van der Waals surface area contributed by atoms with Crippen molar-refractivity contribution >= 4 is 11.6 Å². The van der Waals surface area contributed by atoms with Crippen molar-refractivity contribution in [3.8, 4) is 0 Å². The number of hydrogen-bond acceptors (Lipinski definition) is 2. The van der Waals surface area contributed by atoms with Crippen molar-refractivity contribution in [2.75, 3.05) is 0 Å². The smallest absolute Gasteiger partial charge is 0.164 e. The van der Waals surface area contributed by atoms with E-state index < -0.39 is 0 Å². The molecule has 1 aromatic carbocycles. The predicted octanol–water partition coefficient (Wildman–Crippen LogP) is 1.95. The highest BCUT2D eigenvalue weighted by Crippen LogP contribution is 2.33. The Morgan fingerprint density at radius 3 is 2.77 bits per heavy atom. The van der Waals surface area contributed by atoms with Gasteiger partial charge in [0.05, 0.1) is 5.92 Å². The minimum Gasteiger partial charge on any atom is -0.299 e. The molecule has 13 heavy (non-hydrogen) atoms. The molecule has 2 heteroatoms. The second-order valence-electron chi connectivity index (χ2n) is 3.38. The van der Waals surface area contributed by atoms with Gasteiger partial charge in [-0.15, -0.1) is 0 Å². The molecule has 2 rings (SSSR count). The third-order valence-electron chi connectivity index (χ3n) is 2.52. The summed E-state index contributed by atoms with van der Waals surface area (Å²) in [6.07, 6.45) is 0.356. The lowest BCUT2D eigenvalue weighted by molar-refractivity contribution is -0.118. The molecule has 0 N–H and O–H groups in total. The Morgan fingerprint density at radius 1 is 1.38 bits per heavy atom. The van der Waals surface area contributed by atoms with Gasteiger partial charge in [0.1, 0.15) is 5.78 Å². The monoisotopic (exact) mass is 174 g/mol. The van der Waals surface area contributed by atoms with Crippen LogP contribution < -0.4 is 0 Å². The summed E-state index contributed by atoms with van der Waals surface area (Å²) in [6.45, 7) is 1.54. The molecule has 0 aromatic heterocycles. The van der Waals surface area contributed by atoms with Gasteiger partial charge in [-0.2, -0.15) is 0 Å². The first-order valence-corrected chi connectivity index (χ1v) is 4.32. The summed E-state index contributed by atoms with van der Waals surface area (Å²) < 4.78 is 0. The van der Waals surface area contributed by atoms with Crippen LogP contribution in [0.4, 0.5) is 0 Å². The molecule has 2 nitrogen and oxygen atoms in total. The molecule has 0 fully saturated rings. The van der Waals surface area contributed by atoms with E-state index in [9.17, 15) is 9.59 Å². The first kappa shape index (κ1) is 8.17. The average Bonchev–Trinajstić information content (AvgIpc) is 2.45. The molecule has 0 amide bonds. The molecule has 0 heterocycles. The summed E-state index contributed by atoms with van der Waals surface area (Å²) in [6, 6.07) is 7.36. The van der Waals surface area contributed by atoms with Crippen molar-refractivity contribution in [2.24, 2.45) is 0 Å². The van der Waals surface area contributed by atoms with Crippen molar-refractivity contribution < 1.29 is 9.59 Å². The third kappa shape index (κ3) is 1.18. The fourth-order valence-corrected chi connectivity index (χ4v) is 1.82. The zero-order valence-corrected chi connectivity index (χ0v) is 7.41. The van der Waals surface area contributed by atoms with Crippen LogP contribution in [0.3, 0.4) is 0 Å². The van der Waals surface area contributed by atoms with Crippen LogP contribution in [0.1, 0.15) is 35.2 Å². The Morgan fingerprint density at radius 2 is 2.08 bits per heavy atom. The van der Waals surface area contributed by atoms with Gasteiger partial charge in [0, 0.05) is 12.0 Å². The lowest BCUT2D eigenvalue weighted by Crippen LogP contribution is -2.04. The van der Waals surface area contributed by atoms with E-state index in [1.54, 1.807) is 13.0 Å². The summed E-state index contributed by atoms with van der Waals surface area (Å²) in [7, 11) is 0. The molecule has 0 radical (unpaired) electrons. The van der Waals surface area contributed by atoms with Crippen LogP contribution in [0, 0.1) is 0 Å². The molecule has 1 unspecified atom stereocenters. The molecule has 0 bridgehead atoms. The molecule has 0 saturated carbocycles. The van der Waals surface area contributed by atoms with E-state index in [-0.39, 0.29) is 17.5 Å². The van der Waals surface area contributed by atoms with Crippen LogP contribution in [0.5, 0.6) is 0 Å². The van der Waals surface area contributed by atoms with Crippen molar-refractivity contribution in [1.82, 2.24) is 0 Å². The number of ketones is 2. The van der Waals surface area contributed by atoms with Crippen LogP contribution in [0.15, 0.2) is 24.3 Å². The van der Waals surface area contributed by atoms with Gasteiger partial charge in [0.15, 0.2) is 5.78 Å². The Bertz CT molecular complexity index is 379. The third-order valence-corrected chi connectivity index (χ3v) is 2.52. The normalized spacial score (nSPS) is 20.1. The van der Waals surface area contributed by atoms with Crippen LogP contribution >= 0.6 is 0 Å². The topological polar surface area (TPSA) is 34.1 Å². The molecule has 0 saturated heterocycles. The lowest BCUT2D eigenvalue weighted by Gasteiger charge is -2.04. The zero-order valence-electron chi connectivity index (χ0n) is 7.41. The van der Waals surface area contributed by atoms with Gasteiger partial charge in [0.25, 0.3) is 0 Å². The molecular weight excluding hydrogens is 164 g/mol. The maximum atomic E-state index is 11.4. The van der Waals surface area contributed by atoms with Crippen LogP contribution in [0.25, 0.3) is 0 Å². The van der Waals surface area contributed by atoms with Crippen molar-refractivity contribution in [3.05, 3.63) is 35.4 Å². The van der Waals surface area contributed by atoms with Crippen LogP contribution in [-0.2, 0) is 4.79 Å². The van der Waals surface area contributed by atoms with Gasteiger partial charge >= 0.3 is 0 Å². The number of fused-ring (bicyclic) bond motifs is 1. The van der Waals surface area contributed by atoms with E-state index in [1.807, 2.05) is 18.2 Å². The molecule has 0 aliphatic heterocycles. The van der Waals surface area contributed by atoms with Crippen molar-refractivity contribution in [2.45, 2.75) is 19.3 Å². The molecular formula is C11H10O2. The lowest BCUT2D eigenvalue weighted by atomic mass is 9.98. The first-order chi connectivity index (χ1) is 6.20. The SMILES string of the molecule is CC(=O)C1CC(=O)c2ccccc21. The van der Waals surface area contributed by atoms with Gasteiger partial charge < -0.3 is 0 Å². The number of carbonyl (C=O) groups excluding carboxylic acids is 2. The summed E-state index contributed by atoms with van der Waals surface area (Å²) >= 11 is 0. The maximum absolute atomic E-state index is 11.4. The highest BCUT2D eigenvalue weighted by atomic mass is 16.1. The van der Waals surface area contributed by atoms with E-state index >= 15 is 0 Å². The Balaban J connectivity index is 2.53. The molecule has 66 valence electrons. The maximum Gasteiger partial charge on any atom is 0.164 e. The summed E-state index contributed by atoms with van der Waals surface area (Å²) in [5.41, 5.74) is 1.63. The number of rotatable bonds is 1. The minimum absolute atomic E-state index is 0.0818. The Kier molecular flexibility index (Phi) is 1.76. The quantitative estimate of drug-likeness (QED) is 0.652. The van der Waals surface area contributed by atoms with Crippen LogP contribution in [-0.4, -0.2) is 11.6 Å². The number of Topliss-reactive ketones (excluding diaryl/α,β-unsaturated/α-hetero) is 2. The first-order valence-electron chi connectivity index (χ1n) is 4.32. The fourth-order valence-electron chi connectivity index (χ4n) is 1.82.